The smallest absolute Gasteiger partial charge is 0.416 e. The number of amides is 1. The Balaban J connectivity index is 2.06. The molecule has 0 aromatic heterocycles. The van der Waals surface area contributed by atoms with Crippen LogP contribution < -0.4 is 0 Å². The van der Waals surface area contributed by atoms with Crippen LogP contribution in [0, 0.1) is 5.82 Å². The standard InChI is InChI=1S/C20H19F4NO3/c21-15-8-6-12(7-9-15)17(13-3-1-4-14(11-13)20(22,23)24)18(26)16-5-2-10-25(16)19(27)28/h1,3-4,6-9,11,16-18,26H,2,5,10H2,(H,27,28)/t16?,17-,18-/m1/s1. The van der Waals surface area contributed by atoms with Crippen molar-refractivity contribution in [3.8, 4) is 0 Å². The van der Waals surface area contributed by atoms with Crippen molar-refractivity contribution in [1.82, 2.24) is 4.90 Å². The van der Waals surface area contributed by atoms with Crippen LogP contribution in [-0.2, 0) is 6.18 Å². The zero-order valence-corrected chi connectivity index (χ0v) is 14.7. The lowest BCUT2D eigenvalue weighted by Crippen LogP contribution is -2.44. The molecule has 1 aliphatic rings. The van der Waals surface area contributed by atoms with E-state index in [0.29, 0.717) is 18.4 Å². The zero-order chi connectivity index (χ0) is 20.5. The Morgan fingerprint density at radius 3 is 2.39 bits per heavy atom. The molecule has 150 valence electrons. The number of aliphatic hydroxyl groups excluding tert-OH is 1. The van der Waals surface area contributed by atoms with Gasteiger partial charge in [0.25, 0.3) is 0 Å². The summed E-state index contributed by atoms with van der Waals surface area (Å²) in [6.45, 7) is 0.246. The van der Waals surface area contributed by atoms with Crippen LogP contribution in [0.5, 0.6) is 0 Å². The Morgan fingerprint density at radius 2 is 1.79 bits per heavy atom. The molecule has 2 aromatic rings. The van der Waals surface area contributed by atoms with Crippen LogP contribution in [0.1, 0.15) is 35.4 Å². The van der Waals surface area contributed by atoms with Crippen molar-refractivity contribution >= 4 is 6.09 Å². The largest absolute Gasteiger partial charge is 0.465 e. The van der Waals surface area contributed by atoms with E-state index in [-0.39, 0.29) is 12.1 Å². The van der Waals surface area contributed by atoms with Gasteiger partial charge in [0, 0.05) is 12.5 Å². The van der Waals surface area contributed by atoms with Crippen LogP contribution in [0.3, 0.4) is 0 Å². The monoisotopic (exact) mass is 397 g/mol. The van der Waals surface area contributed by atoms with Gasteiger partial charge in [0.2, 0.25) is 0 Å². The van der Waals surface area contributed by atoms with Gasteiger partial charge < -0.3 is 15.1 Å². The Morgan fingerprint density at radius 1 is 1.11 bits per heavy atom. The number of nitrogens with zero attached hydrogens (tertiary/aromatic N) is 1. The zero-order valence-electron chi connectivity index (χ0n) is 14.7. The summed E-state index contributed by atoms with van der Waals surface area (Å²) in [5, 5.41) is 20.4. The van der Waals surface area contributed by atoms with Crippen molar-refractivity contribution in [2.45, 2.75) is 37.1 Å². The van der Waals surface area contributed by atoms with E-state index in [9.17, 15) is 32.6 Å². The average Bonchev–Trinajstić information content (AvgIpc) is 3.13. The fourth-order valence-corrected chi connectivity index (χ4v) is 3.77. The third-order valence-corrected chi connectivity index (χ3v) is 5.08. The van der Waals surface area contributed by atoms with Crippen molar-refractivity contribution in [1.29, 1.82) is 0 Å². The number of aliphatic hydroxyl groups is 1. The normalized spacial score (nSPS) is 19.5. The molecule has 2 aromatic carbocycles. The van der Waals surface area contributed by atoms with Crippen molar-refractivity contribution in [3.05, 3.63) is 71.0 Å². The highest BCUT2D eigenvalue weighted by molar-refractivity contribution is 5.66. The van der Waals surface area contributed by atoms with E-state index in [1.807, 2.05) is 0 Å². The second-order valence-corrected chi connectivity index (χ2v) is 6.83. The minimum absolute atomic E-state index is 0.186. The Hall–Kier alpha value is -2.61. The molecule has 1 amide bonds. The number of halogens is 4. The van der Waals surface area contributed by atoms with E-state index in [1.54, 1.807) is 0 Å². The van der Waals surface area contributed by atoms with Gasteiger partial charge in [-0.05, 0) is 42.2 Å². The van der Waals surface area contributed by atoms with Crippen LogP contribution >= 0.6 is 0 Å². The molecule has 4 nitrogen and oxygen atoms in total. The number of carbonyl (C=O) groups is 1. The van der Waals surface area contributed by atoms with Gasteiger partial charge in [0.15, 0.2) is 0 Å². The molecular formula is C20H19F4NO3. The first-order valence-corrected chi connectivity index (χ1v) is 8.78. The summed E-state index contributed by atoms with van der Waals surface area (Å²) in [7, 11) is 0. The van der Waals surface area contributed by atoms with Gasteiger partial charge in [-0.15, -0.1) is 0 Å². The Labute approximate surface area is 159 Å². The minimum atomic E-state index is -4.56. The molecule has 0 bridgehead atoms. The average molecular weight is 397 g/mol. The Bertz CT molecular complexity index is 838. The molecule has 0 saturated carbocycles. The molecule has 0 spiro atoms. The molecule has 1 saturated heterocycles. The topological polar surface area (TPSA) is 60.8 Å². The fourth-order valence-electron chi connectivity index (χ4n) is 3.77. The first-order valence-electron chi connectivity index (χ1n) is 8.78. The number of hydrogen-bond donors (Lipinski definition) is 2. The summed E-state index contributed by atoms with van der Waals surface area (Å²) in [6.07, 6.45) is -6.10. The first-order chi connectivity index (χ1) is 13.2. The van der Waals surface area contributed by atoms with Crippen LogP contribution in [0.4, 0.5) is 22.4 Å². The summed E-state index contributed by atoms with van der Waals surface area (Å²) in [4.78, 5) is 12.6. The number of rotatable bonds is 4. The highest BCUT2D eigenvalue weighted by Crippen LogP contribution is 2.37. The summed E-state index contributed by atoms with van der Waals surface area (Å²) < 4.78 is 52.8. The maximum absolute atomic E-state index is 13.3. The van der Waals surface area contributed by atoms with Crippen molar-refractivity contribution < 1.29 is 32.6 Å². The molecule has 1 unspecified atom stereocenters. The van der Waals surface area contributed by atoms with Crippen molar-refractivity contribution in [3.63, 3.8) is 0 Å². The molecule has 28 heavy (non-hydrogen) atoms. The highest BCUT2D eigenvalue weighted by atomic mass is 19.4. The summed E-state index contributed by atoms with van der Waals surface area (Å²) in [5.41, 5.74) is -0.276. The third-order valence-electron chi connectivity index (χ3n) is 5.08. The second kappa shape index (κ2) is 7.79. The summed E-state index contributed by atoms with van der Waals surface area (Å²) in [6, 6.07) is 8.90. The lowest BCUT2D eigenvalue weighted by molar-refractivity contribution is -0.137. The van der Waals surface area contributed by atoms with E-state index in [1.165, 1.54) is 24.3 Å². The predicted octanol–water partition coefficient (Wildman–Crippen LogP) is 4.48. The lowest BCUT2D eigenvalue weighted by Gasteiger charge is -2.33. The van der Waals surface area contributed by atoms with Gasteiger partial charge in [0.1, 0.15) is 5.82 Å². The first kappa shape index (κ1) is 20.1. The van der Waals surface area contributed by atoms with E-state index in [0.717, 1.165) is 29.2 Å². The van der Waals surface area contributed by atoms with Gasteiger partial charge in [0.05, 0.1) is 17.7 Å². The van der Waals surface area contributed by atoms with Crippen molar-refractivity contribution in [2.24, 2.45) is 0 Å². The van der Waals surface area contributed by atoms with Crippen LogP contribution in [0.25, 0.3) is 0 Å². The van der Waals surface area contributed by atoms with E-state index in [2.05, 4.69) is 0 Å². The molecule has 3 atom stereocenters. The van der Waals surface area contributed by atoms with Crippen LogP contribution in [0.2, 0.25) is 0 Å². The van der Waals surface area contributed by atoms with Crippen LogP contribution in [-0.4, -0.2) is 39.9 Å². The fraction of sp³-hybridized carbons (Fsp3) is 0.350. The van der Waals surface area contributed by atoms with Gasteiger partial charge in [-0.3, -0.25) is 0 Å². The quantitative estimate of drug-likeness (QED) is 0.748. The molecule has 8 heteroatoms. The van der Waals surface area contributed by atoms with Crippen molar-refractivity contribution in [2.75, 3.05) is 6.54 Å². The summed E-state index contributed by atoms with van der Waals surface area (Å²) >= 11 is 0. The highest BCUT2D eigenvalue weighted by Gasteiger charge is 2.39. The SMILES string of the molecule is O=C(O)N1CCCC1[C@@H](O)[C@H](c1ccc(F)cc1)c1cccc(C(F)(F)F)c1. The van der Waals surface area contributed by atoms with Gasteiger partial charge >= 0.3 is 12.3 Å². The second-order valence-electron chi connectivity index (χ2n) is 6.83. The number of carboxylic acid groups (broad SMARTS) is 1. The van der Waals surface area contributed by atoms with E-state index < -0.39 is 41.7 Å². The maximum Gasteiger partial charge on any atom is 0.416 e. The predicted molar refractivity (Wildman–Crippen MR) is 93.4 cm³/mol. The molecule has 1 fully saturated rings. The number of likely N-dealkylation sites (tertiary alicyclic amines) is 1. The molecule has 1 heterocycles. The summed E-state index contributed by atoms with van der Waals surface area (Å²) in [5.74, 6) is -1.46. The lowest BCUT2D eigenvalue weighted by atomic mass is 9.82. The molecule has 2 N–H and O–H groups in total. The molecule has 0 aliphatic carbocycles. The third kappa shape index (κ3) is 4.11. The molecular weight excluding hydrogens is 378 g/mol. The van der Waals surface area contributed by atoms with Gasteiger partial charge in [-0.2, -0.15) is 13.2 Å². The number of benzene rings is 2. The van der Waals surface area contributed by atoms with Crippen LogP contribution in [0.15, 0.2) is 48.5 Å². The molecule has 3 rings (SSSR count). The van der Waals surface area contributed by atoms with E-state index >= 15 is 0 Å². The van der Waals surface area contributed by atoms with Gasteiger partial charge in [-0.1, -0.05) is 30.3 Å². The maximum atomic E-state index is 13.3. The van der Waals surface area contributed by atoms with E-state index in [4.69, 9.17) is 0 Å². The van der Waals surface area contributed by atoms with Gasteiger partial charge in [-0.25, -0.2) is 9.18 Å². The number of hydrogen-bond acceptors (Lipinski definition) is 2. The minimum Gasteiger partial charge on any atom is -0.465 e. The number of alkyl halides is 3. The molecule has 1 aliphatic heterocycles. The molecule has 0 radical (unpaired) electrons. The Kier molecular flexibility index (Phi) is 5.60.